The topological polar surface area (TPSA) is 110 Å². The first-order chi connectivity index (χ1) is 17.8. The maximum absolute atomic E-state index is 14.2. The van der Waals surface area contributed by atoms with Crippen molar-refractivity contribution in [1.29, 1.82) is 0 Å². The molecule has 4 aromatic carbocycles. The second-order valence-corrected chi connectivity index (χ2v) is 10.8. The molecule has 8 heteroatoms. The largest absolute Gasteiger partial charge is 0.354 e. The number of Topliss-reactive ketones (excluding diaryl/α,β-unsaturated/α-hetero) is 1. The number of benzene rings is 4. The summed E-state index contributed by atoms with van der Waals surface area (Å²) in [7, 11) is -4.24. The fourth-order valence-electron chi connectivity index (χ4n) is 4.46. The van der Waals surface area contributed by atoms with Gasteiger partial charge in [-0.3, -0.25) is 14.9 Å². The molecule has 0 spiro atoms. The number of non-ortho nitro benzene ring substituents is 1. The zero-order chi connectivity index (χ0) is 26.2. The van der Waals surface area contributed by atoms with E-state index in [2.05, 4.69) is 4.98 Å². The fraction of sp³-hybridized carbons (Fsp3) is 0.0690. The molecular weight excluding hydrogens is 488 g/mol. The summed E-state index contributed by atoms with van der Waals surface area (Å²) >= 11 is 0. The van der Waals surface area contributed by atoms with Gasteiger partial charge in [0, 0.05) is 34.2 Å². The lowest BCUT2D eigenvalue weighted by Crippen LogP contribution is -2.23. The molecule has 0 saturated heterocycles. The van der Waals surface area contributed by atoms with E-state index in [0.717, 1.165) is 11.1 Å². The third kappa shape index (κ3) is 4.43. The van der Waals surface area contributed by atoms with Crippen molar-refractivity contribution in [2.24, 2.45) is 0 Å². The van der Waals surface area contributed by atoms with Crippen molar-refractivity contribution in [1.82, 2.24) is 4.98 Å². The van der Waals surface area contributed by atoms with Gasteiger partial charge in [-0.2, -0.15) is 0 Å². The molecule has 0 aliphatic rings. The molecule has 0 radical (unpaired) electrons. The van der Waals surface area contributed by atoms with Crippen molar-refractivity contribution < 1.29 is 18.1 Å². The Kier molecular flexibility index (Phi) is 6.19. The van der Waals surface area contributed by atoms with Gasteiger partial charge in [-0.1, -0.05) is 66.2 Å². The number of aryl methyl sites for hydroxylation is 1. The molecule has 5 rings (SSSR count). The van der Waals surface area contributed by atoms with Crippen molar-refractivity contribution >= 4 is 32.2 Å². The third-order valence-corrected chi connectivity index (χ3v) is 8.33. The van der Waals surface area contributed by atoms with Crippen molar-refractivity contribution in [2.75, 3.05) is 0 Å². The number of aromatic amines is 1. The first kappa shape index (κ1) is 24.1. The van der Waals surface area contributed by atoms with Crippen LogP contribution in [-0.4, -0.2) is 24.1 Å². The first-order valence-electron chi connectivity index (χ1n) is 11.5. The number of hydrogen-bond acceptors (Lipinski definition) is 5. The van der Waals surface area contributed by atoms with Gasteiger partial charge in [-0.05, 0) is 42.8 Å². The average Bonchev–Trinajstić information content (AvgIpc) is 3.28. The van der Waals surface area contributed by atoms with Gasteiger partial charge in [0.2, 0.25) is 0 Å². The second-order valence-electron chi connectivity index (χ2n) is 8.73. The summed E-state index contributed by atoms with van der Waals surface area (Å²) in [6.45, 7) is 1.85. The summed E-state index contributed by atoms with van der Waals surface area (Å²) in [5.41, 5.74) is 3.05. The summed E-state index contributed by atoms with van der Waals surface area (Å²) in [6, 6.07) is 27.9. The molecule has 0 aliphatic carbocycles. The molecule has 0 saturated carbocycles. The lowest BCUT2D eigenvalue weighted by Gasteiger charge is -2.19. The van der Waals surface area contributed by atoms with Gasteiger partial charge < -0.3 is 4.98 Å². The SMILES string of the molecule is Cc1ccc(S(=O)(=O)C(C(=O)c2ccc([N+](=O)[O-])cc2)c2c(-c3ccccc3)[nH]c3ccccc23)cc1. The number of para-hydroxylation sites is 1. The van der Waals surface area contributed by atoms with Crippen LogP contribution in [0.1, 0.15) is 26.7 Å². The molecule has 0 aliphatic heterocycles. The van der Waals surface area contributed by atoms with E-state index < -0.39 is 25.8 Å². The van der Waals surface area contributed by atoms with E-state index in [0.29, 0.717) is 22.2 Å². The number of rotatable bonds is 7. The van der Waals surface area contributed by atoms with E-state index >= 15 is 0 Å². The number of fused-ring (bicyclic) bond motifs is 1. The van der Waals surface area contributed by atoms with Crippen molar-refractivity contribution in [3.8, 4) is 11.3 Å². The number of nitrogens with zero attached hydrogens (tertiary/aromatic N) is 1. The summed E-state index contributed by atoms with van der Waals surface area (Å²) in [6.07, 6.45) is 0. The normalized spacial score (nSPS) is 12.4. The molecule has 37 heavy (non-hydrogen) atoms. The number of hydrogen-bond donors (Lipinski definition) is 1. The Morgan fingerprint density at radius 2 is 1.46 bits per heavy atom. The minimum Gasteiger partial charge on any atom is -0.354 e. The Morgan fingerprint density at radius 3 is 2.11 bits per heavy atom. The van der Waals surface area contributed by atoms with Crippen molar-refractivity contribution in [3.63, 3.8) is 0 Å². The molecule has 0 amide bonds. The van der Waals surface area contributed by atoms with E-state index in [-0.39, 0.29) is 16.1 Å². The second kappa shape index (κ2) is 9.48. The van der Waals surface area contributed by atoms with Gasteiger partial charge in [0.15, 0.2) is 20.9 Å². The number of nitrogens with one attached hydrogen (secondary N) is 1. The van der Waals surface area contributed by atoms with E-state index in [4.69, 9.17) is 0 Å². The zero-order valence-electron chi connectivity index (χ0n) is 19.8. The number of ketones is 1. The lowest BCUT2D eigenvalue weighted by atomic mass is 9.97. The Labute approximate surface area is 213 Å². The van der Waals surface area contributed by atoms with Gasteiger partial charge in [0.05, 0.1) is 15.5 Å². The number of sulfone groups is 1. The highest BCUT2D eigenvalue weighted by Gasteiger charge is 2.40. The monoisotopic (exact) mass is 510 g/mol. The van der Waals surface area contributed by atoms with Crippen LogP contribution in [0.4, 0.5) is 5.69 Å². The zero-order valence-corrected chi connectivity index (χ0v) is 20.6. The molecule has 0 fully saturated rings. The molecule has 1 aromatic heterocycles. The number of carbonyl (C=O) groups excluding carboxylic acids is 1. The molecule has 1 unspecified atom stereocenters. The molecule has 1 N–H and O–H groups in total. The minimum absolute atomic E-state index is 0.0163. The molecule has 1 heterocycles. The lowest BCUT2D eigenvalue weighted by molar-refractivity contribution is -0.384. The number of H-pyrrole nitrogens is 1. The van der Waals surface area contributed by atoms with Crippen LogP contribution in [0.25, 0.3) is 22.2 Å². The summed E-state index contributed by atoms with van der Waals surface area (Å²) in [5.74, 6) is -0.669. The molecular formula is C29H22N2O5S. The Bertz CT molecular complexity index is 1720. The maximum Gasteiger partial charge on any atom is 0.269 e. The average molecular weight is 511 g/mol. The molecule has 184 valence electrons. The molecule has 1 atom stereocenters. The van der Waals surface area contributed by atoms with Crippen LogP contribution in [0, 0.1) is 17.0 Å². The number of carbonyl (C=O) groups is 1. The van der Waals surface area contributed by atoms with Gasteiger partial charge in [-0.25, -0.2) is 8.42 Å². The molecule has 7 nitrogen and oxygen atoms in total. The fourth-order valence-corrected chi connectivity index (χ4v) is 6.22. The van der Waals surface area contributed by atoms with Crippen LogP contribution in [0.15, 0.2) is 108 Å². The van der Waals surface area contributed by atoms with Crippen LogP contribution in [-0.2, 0) is 9.84 Å². The van der Waals surface area contributed by atoms with Crippen LogP contribution in [0.5, 0.6) is 0 Å². The predicted molar refractivity (Wildman–Crippen MR) is 142 cm³/mol. The highest BCUT2D eigenvalue weighted by atomic mass is 32.2. The van der Waals surface area contributed by atoms with E-state index in [1.54, 1.807) is 24.3 Å². The number of nitro benzene ring substituents is 1. The van der Waals surface area contributed by atoms with Gasteiger partial charge >= 0.3 is 0 Å². The quantitative estimate of drug-likeness (QED) is 0.154. The van der Waals surface area contributed by atoms with Gasteiger partial charge in [-0.15, -0.1) is 0 Å². The highest BCUT2D eigenvalue weighted by Crippen LogP contribution is 2.42. The van der Waals surface area contributed by atoms with E-state index in [9.17, 15) is 23.3 Å². The van der Waals surface area contributed by atoms with Crippen LogP contribution in [0.3, 0.4) is 0 Å². The predicted octanol–water partition coefficient (Wildman–Crippen LogP) is 6.45. The Hall–Kier alpha value is -4.56. The van der Waals surface area contributed by atoms with Gasteiger partial charge in [0.25, 0.3) is 5.69 Å². The molecule has 5 aromatic rings. The number of aromatic nitrogens is 1. The van der Waals surface area contributed by atoms with Crippen molar-refractivity contribution in [3.05, 3.63) is 130 Å². The smallest absolute Gasteiger partial charge is 0.269 e. The Morgan fingerprint density at radius 1 is 0.838 bits per heavy atom. The molecule has 0 bridgehead atoms. The van der Waals surface area contributed by atoms with Gasteiger partial charge in [0.1, 0.15) is 0 Å². The number of nitro groups is 1. The highest BCUT2D eigenvalue weighted by molar-refractivity contribution is 7.92. The van der Waals surface area contributed by atoms with Crippen LogP contribution in [0.2, 0.25) is 0 Å². The van der Waals surface area contributed by atoms with Crippen LogP contribution < -0.4 is 0 Å². The standard InChI is InChI=1S/C29H22N2O5S/c1-19-11-17-23(18-12-19)37(35,36)29(28(32)21-13-15-22(16-14-21)31(33)34)26-24-9-5-6-10-25(24)30-27(26)20-7-3-2-4-8-20/h2-18,29-30H,1H3. The van der Waals surface area contributed by atoms with Crippen LogP contribution >= 0.6 is 0 Å². The minimum atomic E-state index is -4.24. The Balaban J connectivity index is 1.80. The third-order valence-electron chi connectivity index (χ3n) is 6.33. The van der Waals surface area contributed by atoms with E-state index in [1.807, 2.05) is 49.4 Å². The van der Waals surface area contributed by atoms with E-state index in [1.165, 1.54) is 36.4 Å². The van der Waals surface area contributed by atoms with Crippen molar-refractivity contribution in [2.45, 2.75) is 17.1 Å². The maximum atomic E-state index is 14.2. The first-order valence-corrected chi connectivity index (χ1v) is 13.1. The summed E-state index contributed by atoms with van der Waals surface area (Å²) < 4.78 is 28.4. The summed E-state index contributed by atoms with van der Waals surface area (Å²) in [4.78, 5) is 28.0. The summed E-state index contributed by atoms with van der Waals surface area (Å²) in [5, 5.41) is 10.2.